The van der Waals surface area contributed by atoms with Crippen LogP contribution in [-0.4, -0.2) is 27.2 Å². The highest BCUT2D eigenvalue weighted by atomic mass is 16.5. The molecule has 0 heterocycles. The van der Waals surface area contributed by atoms with E-state index in [1.54, 1.807) is 7.11 Å². The SMILES string of the molecule is C=C.C=C(NCCCN)OC.C=CC(/C=C\C)=C(C)\C=C/C.CC.CCC(CC)CC.CN. The van der Waals surface area contributed by atoms with Gasteiger partial charge in [-0.2, -0.15) is 0 Å². The number of nitrogens with two attached hydrogens (primary N) is 2. The fourth-order valence-corrected chi connectivity index (χ4v) is 2.15. The van der Waals surface area contributed by atoms with Crippen LogP contribution < -0.4 is 16.8 Å². The molecule has 0 amide bonds. The lowest BCUT2D eigenvalue weighted by Crippen LogP contribution is -2.17. The average Bonchev–Trinajstić information content (AvgIpc) is 2.88. The van der Waals surface area contributed by atoms with E-state index in [0.717, 1.165) is 18.9 Å². The van der Waals surface area contributed by atoms with E-state index < -0.39 is 0 Å². The van der Waals surface area contributed by atoms with E-state index in [4.69, 9.17) is 10.5 Å². The summed E-state index contributed by atoms with van der Waals surface area (Å²) in [4.78, 5) is 0. The van der Waals surface area contributed by atoms with Gasteiger partial charge in [-0.25, -0.2) is 0 Å². The molecule has 198 valence electrons. The summed E-state index contributed by atoms with van der Waals surface area (Å²) in [7, 11) is 3.08. The molecule has 0 aliphatic carbocycles. The highest BCUT2D eigenvalue weighted by Crippen LogP contribution is 2.10. The van der Waals surface area contributed by atoms with Gasteiger partial charge in [0.25, 0.3) is 0 Å². The number of methoxy groups -OCH3 is 1. The highest BCUT2D eigenvalue weighted by molar-refractivity contribution is 5.38. The van der Waals surface area contributed by atoms with Crippen LogP contribution in [0, 0.1) is 5.92 Å². The topological polar surface area (TPSA) is 73.3 Å². The Bertz CT molecular complexity index is 442. The van der Waals surface area contributed by atoms with Gasteiger partial charge in [-0.1, -0.05) is 90.8 Å². The second-order valence-electron chi connectivity index (χ2n) is 6.13. The van der Waals surface area contributed by atoms with E-state index in [2.05, 4.69) is 77.2 Å². The Kier molecular flexibility index (Phi) is 64.4. The van der Waals surface area contributed by atoms with Crippen molar-refractivity contribution in [3.8, 4) is 0 Å². The van der Waals surface area contributed by atoms with Crippen LogP contribution in [0.3, 0.4) is 0 Å². The van der Waals surface area contributed by atoms with Crippen molar-refractivity contribution < 1.29 is 4.74 Å². The summed E-state index contributed by atoms with van der Waals surface area (Å²) in [6.45, 7) is 31.7. The van der Waals surface area contributed by atoms with Crippen LogP contribution in [0.5, 0.6) is 0 Å². The van der Waals surface area contributed by atoms with Crippen LogP contribution in [0.4, 0.5) is 0 Å². The van der Waals surface area contributed by atoms with Crippen molar-refractivity contribution in [3.05, 3.63) is 73.7 Å². The lowest BCUT2D eigenvalue weighted by Gasteiger charge is -2.05. The van der Waals surface area contributed by atoms with Gasteiger partial charge < -0.3 is 21.5 Å². The number of ether oxygens (including phenoxy) is 1. The first-order valence-corrected chi connectivity index (χ1v) is 12.2. The van der Waals surface area contributed by atoms with Crippen LogP contribution in [0.25, 0.3) is 0 Å². The second kappa shape index (κ2) is 47.7. The molecule has 0 aliphatic rings. The monoisotopic (exact) mass is 467 g/mol. The first-order valence-electron chi connectivity index (χ1n) is 12.2. The molecule has 0 saturated carbocycles. The van der Waals surface area contributed by atoms with E-state index in [1.165, 1.54) is 37.5 Å². The van der Waals surface area contributed by atoms with Crippen LogP contribution in [0.15, 0.2) is 73.7 Å². The zero-order valence-corrected chi connectivity index (χ0v) is 24.1. The average molecular weight is 468 g/mol. The summed E-state index contributed by atoms with van der Waals surface area (Å²) in [5, 5.41) is 2.94. The van der Waals surface area contributed by atoms with E-state index in [1.807, 2.05) is 45.9 Å². The van der Waals surface area contributed by atoms with Crippen molar-refractivity contribution in [2.24, 2.45) is 17.4 Å². The second-order valence-corrected chi connectivity index (χ2v) is 6.13. The van der Waals surface area contributed by atoms with Crippen LogP contribution in [-0.2, 0) is 4.74 Å². The van der Waals surface area contributed by atoms with Crippen molar-refractivity contribution in [2.75, 3.05) is 27.2 Å². The molecule has 0 aliphatic heterocycles. The van der Waals surface area contributed by atoms with E-state index in [-0.39, 0.29) is 0 Å². The Hall–Kier alpha value is -2.04. The standard InChI is InChI=1S/C11H16.C7H16.C6H14N2O.C2H6.C2H4.CH5N/c1-5-8-10(4)11(7-3)9-6-2;1-4-7(5-2)6-3;1-6(9-2)8-5-3-4-7;3*1-2/h5-9H,3H2,1-2,4H3;7H,4-6H2,1-3H3;8H,1,3-5,7H2,2H3;1-2H3;1-2H2;2H2,1H3/b8-5-,9-6-,11-10+;;;;;. The van der Waals surface area contributed by atoms with Gasteiger partial charge in [0.1, 0.15) is 0 Å². The largest absolute Gasteiger partial charge is 0.483 e. The quantitative estimate of drug-likeness (QED) is 0.125. The predicted octanol–water partition coefficient (Wildman–Crippen LogP) is 7.92. The molecule has 0 rings (SSSR count). The molecule has 0 aromatic heterocycles. The summed E-state index contributed by atoms with van der Waals surface area (Å²) in [6.07, 6.45) is 15.1. The third-order valence-electron chi connectivity index (χ3n) is 4.12. The Labute approximate surface area is 209 Å². The summed E-state index contributed by atoms with van der Waals surface area (Å²) in [5.74, 6) is 1.59. The first-order chi connectivity index (χ1) is 15.9. The number of nitrogens with one attached hydrogen (secondary N) is 1. The molecule has 4 heteroatoms. The Balaban J connectivity index is -0.0000000753. The Morgan fingerprint density at radius 1 is 0.970 bits per heavy atom. The molecule has 0 atom stereocenters. The minimum atomic E-state index is 0.600. The van der Waals surface area contributed by atoms with Gasteiger partial charge in [0.15, 0.2) is 5.88 Å². The molecule has 0 aromatic rings. The molecule has 4 nitrogen and oxygen atoms in total. The summed E-state index contributed by atoms with van der Waals surface area (Å²) < 4.78 is 4.75. The molecule has 0 unspecified atom stereocenters. The van der Waals surface area contributed by atoms with Crippen molar-refractivity contribution in [3.63, 3.8) is 0 Å². The van der Waals surface area contributed by atoms with Gasteiger partial charge in [0.05, 0.1) is 7.11 Å². The molecule has 5 N–H and O–H groups in total. The maximum atomic E-state index is 5.25. The Morgan fingerprint density at radius 2 is 1.39 bits per heavy atom. The number of hydrogen-bond donors (Lipinski definition) is 3. The van der Waals surface area contributed by atoms with Gasteiger partial charge in [-0.15, -0.1) is 13.2 Å². The minimum absolute atomic E-state index is 0.600. The van der Waals surface area contributed by atoms with Gasteiger partial charge in [0.2, 0.25) is 0 Å². The van der Waals surface area contributed by atoms with Crippen LogP contribution in [0.1, 0.15) is 81.1 Å². The van der Waals surface area contributed by atoms with Gasteiger partial charge in [-0.3, -0.25) is 0 Å². The smallest absolute Gasteiger partial charge is 0.178 e. The molecule has 0 bridgehead atoms. The molecule has 0 spiro atoms. The fraction of sp³-hybridized carbons (Fsp3) is 0.586. The van der Waals surface area contributed by atoms with E-state index >= 15 is 0 Å². The zero-order valence-electron chi connectivity index (χ0n) is 24.1. The summed E-state index contributed by atoms with van der Waals surface area (Å²) in [5.41, 5.74) is 12.2. The molecule has 0 fully saturated rings. The molecular weight excluding hydrogens is 406 g/mol. The third kappa shape index (κ3) is 44.4. The van der Waals surface area contributed by atoms with E-state index in [0.29, 0.717) is 12.4 Å². The maximum Gasteiger partial charge on any atom is 0.178 e. The van der Waals surface area contributed by atoms with Crippen molar-refractivity contribution in [2.45, 2.75) is 81.1 Å². The molecule has 0 radical (unpaired) electrons. The number of rotatable bonds is 11. The Morgan fingerprint density at radius 3 is 1.64 bits per heavy atom. The maximum absolute atomic E-state index is 5.25. The lowest BCUT2D eigenvalue weighted by molar-refractivity contribution is 0.263. The molecule has 0 saturated heterocycles. The highest BCUT2D eigenvalue weighted by Gasteiger charge is 1.95. The first kappa shape index (κ1) is 44.6. The van der Waals surface area contributed by atoms with Crippen molar-refractivity contribution in [1.82, 2.24) is 5.32 Å². The van der Waals surface area contributed by atoms with Crippen LogP contribution >= 0.6 is 0 Å². The number of hydrogen-bond acceptors (Lipinski definition) is 4. The zero-order chi connectivity index (χ0) is 27.5. The fourth-order valence-electron chi connectivity index (χ4n) is 2.15. The van der Waals surface area contributed by atoms with Crippen molar-refractivity contribution in [1.29, 1.82) is 0 Å². The number of allylic oxidation sites excluding steroid dienone is 7. The van der Waals surface area contributed by atoms with Gasteiger partial charge >= 0.3 is 0 Å². The minimum Gasteiger partial charge on any atom is -0.483 e. The lowest BCUT2D eigenvalue weighted by atomic mass is 10.0. The van der Waals surface area contributed by atoms with Crippen molar-refractivity contribution >= 4 is 0 Å². The van der Waals surface area contributed by atoms with Gasteiger partial charge in [0, 0.05) is 6.54 Å². The van der Waals surface area contributed by atoms with E-state index in [9.17, 15) is 0 Å². The third-order valence-corrected chi connectivity index (χ3v) is 4.12. The summed E-state index contributed by atoms with van der Waals surface area (Å²) in [6, 6.07) is 0. The van der Waals surface area contributed by atoms with Crippen LogP contribution in [0.2, 0.25) is 0 Å². The molecule has 0 aromatic carbocycles. The normalized spacial score (nSPS) is 9.73. The van der Waals surface area contributed by atoms with Gasteiger partial charge in [-0.05, 0) is 64.4 Å². The molecular formula is C29H61N3O. The summed E-state index contributed by atoms with van der Waals surface area (Å²) >= 11 is 0. The molecule has 33 heavy (non-hydrogen) atoms. The predicted molar refractivity (Wildman–Crippen MR) is 157 cm³/mol.